The molecule has 1 heterocycles. The highest BCUT2D eigenvalue weighted by Crippen LogP contribution is 2.35. The van der Waals surface area contributed by atoms with E-state index in [-0.39, 0.29) is 33.6 Å². The van der Waals surface area contributed by atoms with Crippen LogP contribution in [0.1, 0.15) is 49.5 Å². The Labute approximate surface area is 202 Å². The van der Waals surface area contributed by atoms with Crippen LogP contribution in [0.15, 0.2) is 47.4 Å². The smallest absolute Gasteiger partial charge is 0.251 e. The van der Waals surface area contributed by atoms with Gasteiger partial charge in [0.25, 0.3) is 5.91 Å². The summed E-state index contributed by atoms with van der Waals surface area (Å²) in [5.74, 6) is 0.639. The van der Waals surface area contributed by atoms with Gasteiger partial charge in [-0.25, -0.2) is 13.1 Å². The highest BCUT2D eigenvalue weighted by molar-refractivity contribution is 7.89. The monoisotopic (exact) mass is 490 g/mol. The van der Waals surface area contributed by atoms with Crippen LogP contribution in [0.4, 0.5) is 0 Å². The first kappa shape index (κ1) is 26.0. The molecular weight excluding hydrogens is 456 g/mol. The highest BCUT2D eigenvalue weighted by Gasteiger charge is 2.35. The highest BCUT2D eigenvalue weighted by atomic mass is 32.2. The normalized spacial score (nSPS) is 15.7. The summed E-state index contributed by atoms with van der Waals surface area (Å²) in [6, 6.07) is 12.1. The van der Waals surface area contributed by atoms with Crippen molar-refractivity contribution in [2.24, 2.45) is 0 Å². The third-order valence-electron chi connectivity index (χ3n) is 5.92. The number of benzene rings is 2. The second-order valence-corrected chi connectivity index (χ2v) is 10.4. The lowest BCUT2D eigenvalue weighted by Crippen LogP contribution is -2.44. The third-order valence-corrected chi connectivity index (χ3v) is 7.60. The molecule has 1 aliphatic heterocycles. The van der Waals surface area contributed by atoms with E-state index in [1.165, 1.54) is 19.2 Å². The van der Waals surface area contributed by atoms with Crippen molar-refractivity contribution in [3.63, 3.8) is 0 Å². The lowest BCUT2D eigenvalue weighted by Gasteiger charge is -2.38. The Morgan fingerprint density at radius 3 is 2.38 bits per heavy atom. The third kappa shape index (κ3) is 6.08. The van der Waals surface area contributed by atoms with Crippen LogP contribution in [0, 0.1) is 0 Å². The van der Waals surface area contributed by atoms with Crippen molar-refractivity contribution in [3.8, 4) is 11.5 Å². The average Bonchev–Trinajstić information content (AvgIpc) is 2.82. The van der Waals surface area contributed by atoms with Crippen molar-refractivity contribution >= 4 is 15.9 Å². The summed E-state index contributed by atoms with van der Waals surface area (Å²) in [7, 11) is -2.44. The van der Waals surface area contributed by atoms with Crippen LogP contribution in [-0.4, -0.2) is 53.8 Å². The number of carbonyl (C=O) groups is 1. The van der Waals surface area contributed by atoms with E-state index in [0.29, 0.717) is 26.4 Å². The summed E-state index contributed by atoms with van der Waals surface area (Å²) in [5.41, 5.74) is 1.08. The quantitative estimate of drug-likeness (QED) is 0.530. The topological polar surface area (TPSA) is 103 Å². The summed E-state index contributed by atoms with van der Waals surface area (Å²) in [5, 5.41) is 3.02. The molecule has 9 heteroatoms. The maximum Gasteiger partial charge on any atom is 0.251 e. The van der Waals surface area contributed by atoms with E-state index in [0.717, 1.165) is 24.2 Å². The van der Waals surface area contributed by atoms with E-state index < -0.39 is 10.0 Å². The molecule has 0 saturated carbocycles. The van der Waals surface area contributed by atoms with Gasteiger partial charge in [-0.15, -0.1) is 0 Å². The van der Waals surface area contributed by atoms with Crippen LogP contribution >= 0.6 is 0 Å². The standard InChI is InChI=1S/C25H34N2O6S/c1-5-33-21-9-7-20(8-10-21)25(12-14-32-15-13-25)17-26-24(28)19-6-11-22(31-4)23(16-19)34(29,30)27-18(2)3/h6-11,16,18,27H,5,12-15,17H2,1-4H3,(H,26,28). The molecule has 0 atom stereocenters. The lowest BCUT2D eigenvalue weighted by atomic mass is 9.74. The first-order valence-corrected chi connectivity index (χ1v) is 13.0. The Hall–Kier alpha value is -2.62. The lowest BCUT2D eigenvalue weighted by molar-refractivity contribution is 0.0487. The minimum atomic E-state index is -3.84. The number of methoxy groups -OCH3 is 1. The Morgan fingerprint density at radius 2 is 1.79 bits per heavy atom. The van der Waals surface area contributed by atoms with E-state index in [9.17, 15) is 13.2 Å². The summed E-state index contributed by atoms with van der Waals surface area (Å²) in [6.45, 7) is 7.62. The van der Waals surface area contributed by atoms with Gasteiger partial charge in [0, 0.05) is 36.8 Å². The molecule has 1 saturated heterocycles. The van der Waals surface area contributed by atoms with Crippen molar-refractivity contribution in [2.75, 3.05) is 33.5 Å². The zero-order valence-electron chi connectivity index (χ0n) is 20.2. The van der Waals surface area contributed by atoms with Gasteiger partial charge >= 0.3 is 0 Å². The SMILES string of the molecule is CCOc1ccc(C2(CNC(=O)c3ccc(OC)c(S(=O)(=O)NC(C)C)c3)CCOCC2)cc1. The molecule has 8 nitrogen and oxygen atoms in total. The molecule has 0 unspecified atom stereocenters. The summed E-state index contributed by atoms with van der Waals surface area (Å²) in [4.78, 5) is 13.0. The molecule has 1 amide bonds. The Morgan fingerprint density at radius 1 is 1.12 bits per heavy atom. The van der Waals surface area contributed by atoms with Gasteiger partial charge in [0.15, 0.2) is 0 Å². The Kier molecular flexibility index (Phi) is 8.57. The maximum absolute atomic E-state index is 13.1. The summed E-state index contributed by atoms with van der Waals surface area (Å²) >= 11 is 0. The maximum atomic E-state index is 13.1. The zero-order chi connectivity index (χ0) is 24.8. The van der Waals surface area contributed by atoms with E-state index in [1.54, 1.807) is 19.9 Å². The van der Waals surface area contributed by atoms with Gasteiger partial charge in [0.2, 0.25) is 10.0 Å². The van der Waals surface area contributed by atoms with Crippen LogP contribution in [0.3, 0.4) is 0 Å². The first-order valence-electron chi connectivity index (χ1n) is 11.5. The summed E-state index contributed by atoms with van der Waals surface area (Å²) in [6.07, 6.45) is 1.53. The summed E-state index contributed by atoms with van der Waals surface area (Å²) < 4.78 is 44.4. The van der Waals surface area contributed by atoms with Gasteiger partial charge in [0.05, 0.1) is 13.7 Å². The van der Waals surface area contributed by atoms with E-state index in [2.05, 4.69) is 10.0 Å². The molecule has 1 fully saturated rings. The molecule has 34 heavy (non-hydrogen) atoms. The van der Waals surface area contributed by atoms with Crippen molar-refractivity contribution in [1.82, 2.24) is 10.0 Å². The van der Waals surface area contributed by atoms with E-state index in [1.807, 2.05) is 31.2 Å². The average molecular weight is 491 g/mol. The van der Waals surface area contributed by atoms with Crippen LogP contribution in [0.2, 0.25) is 0 Å². The second kappa shape index (κ2) is 11.2. The Balaban J connectivity index is 1.83. The van der Waals surface area contributed by atoms with Crippen molar-refractivity contribution in [2.45, 2.75) is 50.0 Å². The predicted octanol–water partition coefficient (Wildman–Crippen LogP) is 3.26. The molecule has 2 aromatic rings. The molecule has 2 N–H and O–H groups in total. The molecule has 3 rings (SSSR count). The number of carbonyl (C=O) groups excluding carboxylic acids is 1. The molecule has 2 aromatic carbocycles. The van der Waals surface area contributed by atoms with Crippen molar-refractivity contribution in [3.05, 3.63) is 53.6 Å². The van der Waals surface area contributed by atoms with Crippen LogP contribution in [-0.2, 0) is 20.2 Å². The second-order valence-electron chi connectivity index (χ2n) is 8.67. The van der Waals surface area contributed by atoms with Gasteiger partial charge in [-0.05, 0) is 69.5 Å². The van der Waals surface area contributed by atoms with Gasteiger partial charge in [0.1, 0.15) is 16.4 Å². The first-order chi connectivity index (χ1) is 16.2. The van der Waals surface area contributed by atoms with Crippen LogP contribution in [0.5, 0.6) is 11.5 Å². The van der Waals surface area contributed by atoms with Crippen LogP contribution < -0.4 is 19.5 Å². The number of hydrogen-bond acceptors (Lipinski definition) is 6. The molecule has 0 aromatic heterocycles. The van der Waals surface area contributed by atoms with E-state index in [4.69, 9.17) is 14.2 Å². The van der Waals surface area contributed by atoms with Gasteiger partial charge < -0.3 is 19.5 Å². The number of hydrogen-bond donors (Lipinski definition) is 2. The molecule has 0 radical (unpaired) electrons. The van der Waals surface area contributed by atoms with Gasteiger partial charge in [-0.1, -0.05) is 12.1 Å². The molecular formula is C25H34N2O6S. The van der Waals surface area contributed by atoms with Gasteiger partial charge in [-0.3, -0.25) is 4.79 Å². The number of amides is 1. The van der Waals surface area contributed by atoms with Gasteiger partial charge in [-0.2, -0.15) is 0 Å². The number of rotatable bonds is 10. The van der Waals surface area contributed by atoms with Crippen LogP contribution in [0.25, 0.3) is 0 Å². The fourth-order valence-corrected chi connectivity index (χ4v) is 5.60. The number of ether oxygens (including phenoxy) is 3. The number of sulfonamides is 1. The fraction of sp³-hybridized carbons (Fsp3) is 0.480. The minimum Gasteiger partial charge on any atom is -0.495 e. The predicted molar refractivity (Wildman–Crippen MR) is 130 cm³/mol. The van der Waals surface area contributed by atoms with Crippen molar-refractivity contribution < 1.29 is 27.4 Å². The van der Waals surface area contributed by atoms with Crippen molar-refractivity contribution in [1.29, 1.82) is 0 Å². The molecule has 0 bridgehead atoms. The minimum absolute atomic E-state index is 0.0661. The van der Waals surface area contributed by atoms with E-state index >= 15 is 0 Å². The Bertz CT molecular complexity index is 1080. The number of nitrogens with one attached hydrogen (secondary N) is 2. The zero-order valence-corrected chi connectivity index (χ0v) is 21.0. The molecule has 1 aliphatic rings. The molecule has 186 valence electrons. The largest absolute Gasteiger partial charge is 0.495 e. The fourth-order valence-electron chi connectivity index (χ4n) is 4.15. The molecule has 0 aliphatic carbocycles. The molecule has 0 spiro atoms.